The zero-order valence-corrected chi connectivity index (χ0v) is 6.63. The second-order valence-electron chi connectivity index (χ2n) is 2.57. The van der Waals surface area contributed by atoms with Gasteiger partial charge >= 0.3 is 6.08 Å². The maximum Gasteiger partial charge on any atom is 0.318 e. The number of halogens is 3. The molecule has 0 aliphatic rings. The zero-order valence-electron chi connectivity index (χ0n) is 6.63. The number of nitrogens with zero attached hydrogens (tertiary/aromatic N) is 3. The first-order valence-corrected chi connectivity index (χ1v) is 3.58. The van der Waals surface area contributed by atoms with Gasteiger partial charge in [0.15, 0.2) is 5.82 Å². The standard InChI is InChI=1S/C8H2F3N3/c9-6-4(3-12)1-2-5-7(6)13-8(10)14(5)11/h1-2H. The molecule has 0 atom stereocenters. The van der Waals surface area contributed by atoms with E-state index in [1.165, 1.54) is 0 Å². The number of benzene rings is 1. The summed E-state index contributed by atoms with van der Waals surface area (Å²) in [4.78, 5) is 2.64. The van der Waals surface area contributed by atoms with Gasteiger partial charge in [-0.05, 0) is 12.1 Å². The van der Waals surface area contributed by atoms with E-state index in [2.05, 4.69) is 4.98 Å². The molecule has 2 rings (SSSR count). The van der Waals surface area contributed by atoms with E-state index in [1.54, 1.807) is 6.07 Å². The Balaban J connectivity index is 2.92. The maximum absolute atomic E-state index is 13.2. The maximum atomic E-state index is 13.2. The van der Waals surface area contributed by atoms with Gasteiger partial charge in [0, 0.05) is 0 Å². The van der Waals surface area contributed by atoms with Crippen LogP contribution in [-0.4, -0.2) is 9.77 Å². The van der Waals surface area contributed by atoms with Crippen LogP contribution in [0.1, 0.15) is 5.56 Å². The molecule has 14 heavy (non-hydrogen) atoms. The first-order valence-electron chi connectivity index (χ1n) is 3.58. The predicted octanol–water partition coefficient (Wildman–Crippen LogP) is 1.92. The van der Waals surface area contributed by atoms with Gasteiger partial charge < -0.3 is 0 Å². The van der Waals surface area contributed by atoms with Crippen molar-refractivity contribution in [2.24, 2.45) is 0 Å². The molecule has 0 N–H and O–H groups in total. The minimum Gasteiger partial charge on any atom is -0.203 e. The highest BCUT2D eigenvalue weighted by Crippen LogP contribution is 2.21. The van der Waals surface area contributed by atoms with Crippen LogP contribution in [0.5, 0.6) is 0 Å². The van der Waals surface area contributed by atoms with Gasteiger partial charge in [-0.2, -0.15) is 14.6 Å². The van der Waals surface area contributed by atoms with Gasteiger partial charge in [-0.15, -0.1) is 4.79 Å². The predicted molar refractivity (Wildman–Crippen MR) is 40.9 cm³/mol. The first-order chi connectivity index (χ1) is 6.65. The SMILES string of the molecule is N#Cc1ccc2c(nc(F)n2F)c1F. The molecular formula is C8H2F3N3. The summed E-state index contributed by atoms with van der Waals surface area (Å²) in [5.41, 5.74) is -1.11. The molecule has 0 spiro atoms. The van der Waals surface area contributed by atoms with Gasteiger partial charge in [-0.25, -0.2) is 4.39 Å². The Kier molecular flexibility index (Phi) is 1.67. The summed E-state index contributed by atoms with van der Waals surface area (Å²) >= 11 is 0. The van der Waals surface area contributed by atoms with Crippen molar-refractivity contribution >= 4 is 11.0 Å². The van der Waals surface area contributed by atoms with Crippen LogP contribution in [0, 0.1) is 23.2 Å². The lowest BCUT2D eigenvalue weighted by Crippen LogP contribution is -1.87. The Labute approximate surface area is 75.9 Å². The topological polar surface area (TPSA) is 41.6 Å². The molecule has 2 aromatic rings. The monoisotopic (exact) mass is 197 g/mol. The summed E-state index contributed by atoms with van der Waals surface area (Å²) in [6, 6.07) is 3.70. The van der Waals surface area contributed by atoms with Crippen molar-refractivity contribution < 1.29 is 13.3 Å². The van der Waals surface area contributed by atoms with E-state index in [1.807, 2.05) is 0 Å². The van der Waals surface area contributed by atoms with Crippen LogP contribution < -0.4 is 0 Å². The molecular weight excluding hydrogens is 195 g/mol. The molecule has 1 aromatic carbocycles. The summed E-state index contributed by atoms with van der Waals surface area (Å²) < 4.78 is 38.6. The summed E-state index contributed by atoms with van der Waals surface area (Å²) in [6.45, 7) is 0. The molecule has 0 radical (unpaired) electrons. The minimum absolute atomic E-state index is 0.296. The average molecular weight is 197 g/mol. The van der Waals surface area contributed by atoms with Gasteiger partial charge in [-0.3, -0.25) is 0 Å². The third-order valence-electron chi connectivity index (χ3n) is 1.79. The Morgan fingerprint density at radius 2 is 2.07 bits per heavy atom. The lowest BCUT2D eigenvalue weighted by molar-refractivity contribution is 0.301. The molecule has 0 bridgehead atoms. The summed E-state index contributed by atoms with van der Waals surface area (Å²) in [5, 5.41) is 8.44. The van der Waals surface area contributed by atoms with E-state index < -0.39 is 17.4 Å². The number of nitriles is 1. The van der Waals surface area contributed by atoms with Gasteiger partial charge in [0.1, 0.15) is 17.1 Å². The largest absolute Gasteiger partial charge is 0.318 e. The van der Waals surface area contributed by atoms with Crippen molar-refractivity contribution in [1.29, 1.82) is 5.26 Å². The van der Waals surface area contributed by atoms with Crippen molar-refractivity contribution in [1.82, 2.24) is 9.77 Å². The van der Waals surface area contributed by atoms with Gasteiger partial charge in [0.2, 0.25) is 0 Å². The Morgan fingerprint density at radius 1 is 1.36 bits per heavy atom. The van der Waals surface area contributed by atoms with E-state index >= 15 is 0 Å². The van der Waals surface area contributed by atoms with E-state index in [4.69, 9.17) is 5.26 Å². The van der Waals surface area contributed by atoms with Crippen molar-refractivity contribution in [3.63, 3.8) is 0 Å². The molecule has 0 saturated heterocycles. The smallest absolute Gasteiger partial charge is 0.203 e. The van der Waals surface area contributed by atoms with Crippen LogP contribution in [0.2, 0.25) is 0 Å². The fourth-order valence-electron chi connectivity index (χ4n) is 1.14. The quantitative estimate of drug-likeness (QED) is 0.647. The molecule has 70 valence electrons. The lowest BCUT2D eigenvalue weighted by Gasteiger charge is -1.93. The van der Waals surface area contributed by atoms with Crippen molar-refractivity contribution in [2.45, 2.75) is 0 Å². The normalized spacial score (nSPS) is 10.4. The van der Waals surface area contributed by atoms with E-state index in [9.17, 15) is 13.3 Å². The van der Waals surface area contributed by atoms with E-state index in [0.29, 0.717) is 0 Å². The van der Waals surface area contributed by atoms with Crippen LogP contribution in [0.3, 0.4) is 0 Å². The van der Waals surface area contributed by atoms with Crippen LogP contribution >= 0.6 is 0 Å². The second-order valence-corrected chi connectivity index (χ2v) is 2.57. The highest BCUT2D eigenvalue weighted by Gasteiger charge is 2.16. The number of imidazole rings is 1. The fraction of sp³-hybridized carbons (Fsp3) is 0. The highest BCUT2D eigenvalue weighted by atomic mass is 19.2. The highest BCUT2D eigenvalue weighted by molar-refractivity contribution is 5.77. The molecule has 0 amide bonds. The summed E-state index contributed by atoms with van der Waals surface area (Å²) in [5.74, 6) is -1.01. The van der Waals surface area contributed by atoms with Gasteiger partial charge in [0.05, 0.1) is 5.56 Å². The number of aromatic nitrogens is 2. The first kappa shape index (κ1) is 8.56. The third kappa shape index (κ3) is 0.956. The number of hydrogen-bond acceptors (Lipinski definition) is 2. The molecule has 0 saturated carbocycles. The molecule has 0 unspecified atom stereocenters. The molecule has 0 aliphatic heterocycles. The molecule has 0 aliphatic carbocycles. The lowest BCUT2D eigenvalue weighted by atomic mass is 10.2. The Morgan fingerprint density at radius 3 is 2.71 bits per heavy atom. The number of fused-ring (bicyclic) bond motifs is 1. The van der Waals surface area contributed by atoms with Crippen molar-refractivity contribution in [3.8, 4) is 6.07 Å². The van der Waals surface area contributed by atoms with Crippen LogP contribution in [0.4, 0.5) is 13.3 Å². The van der Waals surface area contributed by atoms with Crippen LogP contribution in [-0.2, 0) is 0 Å². The molecule has 1 aromatic heterocycles. The second kappa shape index (κ2) is 2.73. The van der Waals surface area contributed by atoms with Crippen LogP contribution in [0.25, 0.3) is 11.0 Å². The number of hydrogen-bond donors (Lipinski definition) is 0. The van der Waals surface area contributed by atoms with Gasteiger partial charge in [0.25, 0.3) is 0 Å². The summed E-state index contributed by atoms with van der Waals surface area (Å²) in [7, 11) is 0. The molecule has 1 heterocycles. The third-order valence-corrected chi connectivity index (χ3v) is 1.79. The van der Waals surface area contributed by atoms with E-state index in [0.717, 1.165) is 12.1 Å². The average Bonchev–Trinajstić information content (AvgIpc) is 2.46. The molecule has 6 heteroatoms. The zero-order chi connectivity index (χ0) is 10.3. The van der Waals surface area contributed by atoms with Crippen molar-refractivity contribution in [3.05, 3.63) is 29.6 Å². The van der Waals surface area contributed by atoms with E-state index in [-0.39, 0.29) is 15.9 Å². The fourth-order valence-corrected chi connectivity index (χ4v) is 1.14. The Bertz CT molecular complexity index is 553. The Hall–Kier alpha value is -2.03. The molecule has 3 nitrogen and oxygen atoms in total. The van der Waals surface area contributed by atoms with Crippen LogP contribution in [0.15, 0.2) is 12.1 Å². The van der Waals surface area contributed by atoms with Crippen molar-refractivity contribution in [2.75, 3.05) is 0 Å². The minimum atomic E-state index is -1.44. The summed E-state index contributed by atoms with van der Waals surface area (Å²) in [6.07, 6.45) is -1.44. The van der Waals surface area contributed by atoms with Gasteiger partial charge in [-0.1, -0.05) is 4.48 Å². The number of rotatable bonds is 0. The molecule has 0 fully saturated rings.